The van der Waals surface area contributed by atoms with Gasteiger partial charge >= 0.3 is 0 Å². The Morgan fingerprint density at radius 1 is 1.31 bits per heavy atom. The number of nitrogen functional groups attached to an aromatic ring is 1. The Labute approximate surface area is 156 Å². The van der Waals surface area contributed by atoms with E-state index in [1.54, 1.807) is 19.2 Å². The minimum absolute atomic E-state index is 0.454. The molecule has 3 aromatic rings. The van der Waals surface area contributed by atoms with Crippen molar-refractivity contribution in [1.29, 1.82) is 0 Å². The van der Waals surface area contributed by atoms with Gasteiger partial charge in [0.2, 0.25) is 0 Å². The maximum absolute atomic E-state index is 6.14. The fourth-order valence-corrected chi connectivity index (χ4v) is 3.49. The minimum atomic E-state index is 0.454. The fraction of sp³-hybridized carbons (Fsp3) is 0.263. The Balaban J connectivity index is 1.60. The van der Waals surface area contributed by atoms with Gasteiger partial charge in [-0.1, -0.05) is 23.7 Å². The number of fused-ring (bicyclic) bond motifs is 1. The van der Waals surface area contributed by atoms with Crippen LogP contribution in [0.3, 0.4) is 0 Å². The van der Waals surface area contributed by atoms with Gasteiger partial charge in [0.05, 0.1) is 23.4 Å². The van der Waals surface area contributed by atoms with E-state index in [1.807, 2.05) is 0 Å². The molecule has 2 heterocycles. The normalized spacial score (nSPS) is 13.1. The monoisotopic (exact) mass is 369 g/mol. The maximum atomic E-state index is 6.14. The summed E-state index contributed by atoms with van der Waals surface area (Å²) in [7, 11) is 3.71. The number of hydrogen-bond acceptors (Lipinski definition) is 5. The average molecular weight is 370 g/mol. The molecule has 1 aliphatic heterocycles. The molecule has 1 aliphatic rings. The molecule has 3 N–H and O–H groups in total. The van der Waals surface area contributed by atoms with E-state index >= 15 is 0 Å². The summed E-state index contributed by atoms with van der Waals surface area (Å²) >= 11 is 6.14. The van der Waals surface area contributed by atoms with E-state index < -0.39 is 0 Å². The third-order valence-corrected chi connectivity index (χ3v) is 5.06. The van der Waals surface area contributed by atoms with E-state index in [2.05, 4.69) is 45.3 Å². The molecule has 2 aromatic carbocycles. The summed E-state index contributed by atoms with van der Waals surface area (Å²) in [5.74, 6) is 1.93. The number of benzene rings is 2. The number of aromatic amines is 1. The topological polar surface area (TPSA) is 80.1 Å². The lowest BCUT2D eigenvalue weighted by Gasteiger charge is -2.11. The van der Waals surface area contributed by atoms with Gasteiger partial charge < -0.3 is 15.4 Å². The number of ether oxygens (including phenoxy) is 1. The first kappa shape index (κ1) is 16.7. The van der Waals surface area contributed by atoms with Crippen LogP contribution in [0.2, 0.25) is 5.02 Å². The van der Waals surface area contributed by atoms with Crippen molar-refractivity contribution < 1.29 is 4.74 Å². The molecule has 0 bridgehead atoms. The van der Waals surface area contributed by atoms with Crippen LogP contribution in [-0.2, 0) is 12.8 Å². The SMILES string of the molecule is COc1cc(N)c(Cl)cc1-c1n[nH]c(Cc2ccc3c(c2)CCN3C)n1. The molecule has 0 amide bonds. The first-order valence-corrected chi connectivity index (χ1v) is 8.80. The predicted octanol–water partition coefficient (Wildman–Crippen LogP) is 3.30. The molecule has 1 aromatic heterocycles. The molecule has 0 aliphatic carbocycles. The smallest absolute Gasteiger partial charge is 0.184 e. The quantitative estimate of drug-likeness (QED) is 0.690. The molecule has 6 nitrogen and oxygen atoms in total. The van der Waals surface area contributed by atoms with Crippen molar-refractivity contribution in [1.82, 2.24) is 15.2 Å². The second kappa shape index (κ2) is 6.53. The summed E-state index contributed by atoms with van der Waals surface area (Å²) in [6.07, 6.45) is 1.78. The van der Waals surface area contributed by atoms with Crippen molar-refractivity contribution in [2.45, 2.75) is 12.8 Å². The number of anilines is 2. The Hall–Kier alpha value is -2.73. The number of nitrogens with zero attached hydrogens (tertiary/aromatic N) is 3. The second-order valence-electron chi connectivity index (χ2n) is 6.49. The van der Waals surface area contributed by atoms with E-state index in [9.17, 15) is 0 Å². The lowest BCUT2D eigenvalue weighted by molar-refractivity contribution is 0.416. The molecule has 26 heavy (non-hydrogen) atoms. The van der Waals surface area contributed by atoms with E-state index in [-0.39, 0.29) is 0 Å². The Morgan fingerprint density at radius 3 is 2.96 bits per heavy atom. The van der Waals surface area contributed by atoms with Crippen LogP contribution < -0.4 is 15.4 Å². The number of rotatable bonds is 4. The molecule has 0 saturated carbocycles. The van der Waals surface area contributed by atoms with E-state index in [1.165, 1.54) is 16.8 Å². The van der Waals surface area contributed by atoms with Crippen molar-refractivity contribution in [3.8, 4) is 17.1 Å². The Morgan fingerprint density at radius 2 is 2.15 bits per heavy atom. The van der Waals surface area contributed by atoms with Gasteiger partial charge in [-0.2, -0.15) is 5.10 Å². The zero-order valence-electron chi connectivity index (χ0n) is 14.7. The number of likely N-dealkylation sites (N-methyl/N-ethyl adjacent to an activating group) is 1. The highest BCUT2D eigenvalue weighted by Crippen LogP contribution is 2.34. The number of nitrogens with one attached hydrogen (secondary N) is 1. The molecule has 134 valence electrons. The van der Waals surface area contributed by atoms with Crippen molar-refractivity contribution in [3.05, 3.63) is 52.3 Å². The summed E-state index contributed by atoms with van der Waals surface area (Å²) < 4.78 is 5.39. The third-order valence-electron chi connectivity index (χ3n) is 4.73. The van der Waals surface area contributed by atoms with Crippen LogP contribution in [0.5, 0.6) is 5.75 Å². The number of hydrogen-bond donors (Lipinski definition) is 2. The van der Waals surface area contributed by atoms with Crippen LogP contribution in [0.4, 0.5) is 11.4 Å². The third kappa shape index (κ3) is 2.97. The van der Waals surface area contributed by atoms with Crippen LogP contribution in [0.25, 0.3) is 11.4 Å². The van der Waals surface area contributed by atoms with Gasteiger partial charge in [0.25, 0.3) is 0 Å². The lowest BCUT2D eigenvalue weighted by Crippen LogP contribution is -2.12. The highest BCUT2D eigenvalue weighted by atomic mass is 35.5. The largest absolute Gasteiger partial charge is 0.496 e. The summed E-state index contributed by atoms with van der Waals surface area (Å²) in [5, 5.41) is 7.79. The van der Waals surface area contributed by atoms with Crippen LogP contribution >= 0.6 is 11.6 Å². The van der Waals surface area contributed by atoms with Gasteiger partial charge in [-0.3, -0.25) is 5.10 Å². The minimum Gasteiger partial charge on any atom is -0.496 e. The van der Waals surface area contributed by atoms with Crippen molar-refractivity contribution in [3.63, 3.8) is 0 Å². The zero-order chi connectivity index (χ0) is 18.3. The summed E-state index contributed by atoms with van der Waals surface area (Å²) in [5.41, 5.74) is 10.9. The number of halogens is 1. The lowest BCUT2D eigenvalue weighted by atomic mass is 10.1. The zero-order valence-corrected chi connectivity index (χ0v) is 15.5. The average Bonchev–Trinajstić information content (AvgIpc) is 3.24. The fourth-order valence-electron chi connectivity index (χ4n) is 3.33. The first-order chi connectivity index (χ1) is 12.5. The van der Waals surface area contributed by atoms with Crippen LogP contribution in [-0.4, -0.2) is 35.9 Å². The molecule has 0 unspecified atom stereocenters. The summed E-state index contributed by atoms with van der Waals surface area (Å²) in [4.78, 5) is 6.89. The van der Waals surface area contributed by atoms with Gasteiger partial charge in [0.1, 0.15) is 11.6 Å². The van der Waals surface area contributed by atoms with Gasteiger partial charge in [-0.05, 0) is 29.7 Å². The molecule has 4 rings (SSSR count). The highest BCUT2D eigenvalue weighted by molar-refractivity contribution is 6.33. The number of nitrogens with two attached hydrogens (primary N) is 1. The van der Waals surface area contributed by atoms with Gasteiger partial charge in [0.15, 0.2) is 5.82 Å². The predicted molar refractivity (Wildman–Crippen MR) is 104 cm³/mol. The Bertz CT molecular complexity index is 969. The molecular formula is C19H20ClN5O. The highest BCUT2D eigenvalue weighted by Gasteiger charge is 2.17. The van der Waals surface area contributed by atoms with E-state index in [4.69, 9.17) is 22.1 Å². The van der Waals surface area contributed by atoms with Crippen LogP contribution in [0.15, 0.2) is 30.3 Å². The Kier molecular flexibility index (Phi) is 4.20. The van der Waals surface area contributed by atoms with E-state index in [0.29, 0.717) is 34.3 Å². The van der Waals surface area contributed by atoms with Crippen molar-refractivity contribution in [2.75, 3.05) is 31.3 Å². The summed E-state index contributed by atoms with van der Waals surface area (Å²) in [6.45, 7) is 1.07. The first-order valence-electron chi connectivity index (χ1n) is 8.42. The number of aromatic nitrogens is 3. The van der Waals surface area contributed by atoms with Gasteiger partial charge in [-0.15, -0.1) is 0 Å². The molecule has 0 saturated heterocycles. The molecule has 0 spiro atoms. The van der Waals surface area contributed by atoms with Crippen LogP contribution in [0, 0.1) is 0 Å². The van der Waals surface area contributed by atoms with Gasteiger partial charge in [0, 0.05) is 31.8 Å². The van der Waals surface area contributed by atoms with Crippen molar-refractivity contribution >= 4 is 23.0 Å². The number of H-pyrrole nitrogens is 1. The molecule has 0 fully saturated rings. The second-order valence-corrected chi connectivity index (χ2v) is 6.90. The van der Waals surface area contributed by atoms with E-state index in [0.717, 1.165) is 18.8 Å². The molecule has 7 heteroatoms. The molecule has 0 radical (unpaired) electrons. The van der Waals surface area contributed by atoms with Crippen LogP contribution in [0.1, 0.15) is 17.0 Å². The maximum Gasteiger partial charge on any atom is 0.184 e. The van der Waals surface area contributed by atoms with Crippen molar-refractivity contribution in [2.24, 2.45) is 0 Å². The molecular weight excluding hydrogens is 350 g/mol. The number of methoxy groups -OCH3 is 1. The van der Waals surface area contributed by atoms with Gasteiger partial charge in [-0.25, -0.2) is 4.98 Å². The standard InChI is InChI=1S/C19H20ClN5O/c1-25-6-5-12-7-11(3-4-16(12)25)8-18-22-19(24-23-18)13-9-14(20)15(21)10-17(13)26-2/h3-4,7,9-10H,5-6,8,21H2,1-2H3,(H,22,23,24). The molecule has 0 atom stereocenters. The summed E-state index contributed by atoms with van der Waals surface area (Å²) in [6, 6.07) is 9.99.